The lowest BCUT2D eigenvalue weighted by atomic mass is 9.78. The summed E-state index contributed by atoms with van der Waals surface area (Å²) in [5.74, 6) is 0. The van der Waals surface area contributed by atoms with E-state index in [1.165, 1.54) is 18.3 Å². The van der Waals surface area contributed by atoms with Crippen LogP contribution >= 0.6 is 12.4 Å². The van der Waals surface area contributed by atoms with E-state index in [1.807, 2.05) is 0 Å². The van der Waals surface area contributed by atoms with Crippen molar-refractivity contribution < 1.29 is 8.42 Å². The monoisotopic (exact) mass is 302 g/mol. The second kappa shape index (κ2) is 5.84. The molecule has 3 N–H and O–H groups in total. The summed E-state index contributed by atoms with van der Waals surface area (Å²) in [5.41, 5.74) is 5.40. The molecule has 1 saturated carbocycles. The average molecular weight is 303 g/mol. The number of nitrogens with two attached hydrogens (primary N) is 1. The van der Waals surface area contributed by atoms with Crippen LogP contribution in [0.5, 0.6) is 0 Å². The van der Waals surface area contributed by atoms with E-state index in [2.05, 4.69) is 9.71 Å². The van der Waals surface area contributed by atoms with E-state index in [0.29, 0.717) is 0 Å². The lowest BCUT2D eigenvalue weighted by Gasteiger charge is -2.37. The first-order valence-corrected chi connectivity index (χ1v) is 7.09. The van der Waals surface area contributed by atoms with Crippen molar-refractivity contribution in [3.8, 4) is 6.07 Å². The van der Waals surface area contributed by atoms with Crippen LogP contribution in [-0.4, -0.2) is 25.5 Å². The molecule has 0 unspecified atom stereocenters. The third-order valence-electron chi connectivity index (χ3n) is 3.13. The predicted octanol–water partition coefficient (Wildman–Crippen LogP) is 0.535. The van der Waals surface area contributed by atoms with Crippen LogP contribution in [0.25, 0.3) is 0 Å². The molecule has 1 aliphatic carbocycles. The third kappa shape index (κ3) is 3.42. The summed E-state index contributed by atoms with van der Waals surface area (Å²) in [7, 11) is -3.73. The molecule has 0 aliphatic heterocycles. The Kier molecular flexibility index (Phi) is 4.87. The van der Waals surface area contributed by atoms with Crippen molar-refractivity contribution in [1.82, 2.24) is 9.71 Å². The number of nitrogens with zero attached hydrogens (tertiary/aromatic N) is 2. The molecule has 1 aliphatic rings. The fourth-order valence-electron chi connectivity index (χ4n) is 1.82. The SMILES string of the molecule is Cl.N#Cc1ncccc1S(=O)(=O)NCC1(N)CCC1. The summed E-state index contributed by atoms with van der Waals surface area (Å²) >= 11 is 0. The molecule has 1 fully saturated rings. The number of hydrogen-bond acceptors (Lipinski definition) is 5. The molecule has 0 radical (unpaired) electrons. The zero-order valence-electron chi connectivity index (χ0n) is 10.2. The zero-order chi connectivity index (χ0) is 13.2. The van der Waals surface area contributed by atoms with Gasteiger partial charge in [0.05, 0.1) is 0 Å². The molecule has 1 aromatic heterocycles. The van der Waals surface area contributed by atoms with Gasteiger partial charge in [-0.15, -0.1) is 12.4 Å². The Morgan fingerprint density at radius 2 is 2.21 bits per heavy atom. The Labute approximate surface area is 118 Å². The Morgan fingerprint density at radius 3 is 2.74 bits per heavy atom. The van der Waals surface area contributed by atoms with Crippen molar-refractivity contribution in [2.45, 2.75) is 29.7 Å². The van der Waals surface area contributed by atoms with Crippen LogP contribution in [0.1, 0.15) is 25.0 Å². The molecule has 0 spiro atoms. The molecule has 0 saturated heterocycles. The molecule has 0 aromatic carbocycles. The number of halogens is 1. The van der Waals surface area contributed by atoms with Crippen LogP contribution in [-0.2, 0) is 10.0 Å². The molecule has 1 aromatic rings. The van der Waals surface area contributed by atoms with Gasteiger partial charge in [0.1, 0.15) is 11.0 Å². The minimum Gasteiger partial charge on any atom is -0.324 e. The van der Waals surface area contributed by atoms with Crippen LogP contribution < -0.4 is 10.5 Å². The molecule has 1 heterocycles. The van der Waals surface area contributed by atoms with Crippen LogP contribution in [0.3, 0.4) is 0 Å². The van der Waals surface area contributed by atoms with Gasteiger partial charge in [-0.1, -0.05) is 0 Å². The van der Waals surface area contributed by atoms with Gasteiger partial charge in [0.15, 0.2) is 5.69 Å². The lowest BCUT2D eigenvalue weighted by Crippen LogP contribution is -2.54. The summed E-state index contributed by atoms with van der Waals surface area (Å²) < 4.78 is 26.5. The highest BCUT2D eigenvalue weighted by Crippen LogP contribution is 2.28. The van der Waals surface area contributed by atoms with Crippen LogP contribution in [0.2, 0.25) is 0 Å². The van der Waals surface area contributed by atoms with Gasteiger partial charge < -0.3 is 5.73 Å². The van der Waals surface area contributed by atoms with E-state index in [9.17, 15) is 8.42 Å². The molecular formula is C11H15ClN4O2S. The highest BCUT2D eigenvalue weighted by Gasteiger charge is 2.34. The van der Waals surface area contributed by atoms with Gasteiger partial charge in [-0.2, -0.15) is 5.26 Å². The van der Waals surface area contributed by atoms with E-state index in [1.54, 1.807) is 6.07 Å². The Balaban J connectivity index is 0.00000180. The molecule has 0 bridgehead atoms. The van der Waals surface area contributed by atoms with Crippen molar-refractivity contribution in [2.75, 3.05) is 6.54 Å². The highest BCUT2D eigenvalue weighted by molar-refractivity contribution is 7.89. The molecule has 104 valence electrons. The second-order valence-electron chi connectivity index (χ2n) is 4.50. The fraction of sp³-hybridized carbons (Fsp3) is 0.455. The first-order chi connectivity index (χ1) is 8.47. The highest BCUT2D eigenvalue weighted by atomic mass is 35.5. The van der Waals surface area contributed by atoms with E-state index in [0.717, 1.165) is 19.3 Å². The number of aromatic nitrogens is 1. The van der Waals surface area contributed by atoms with E-state index < -0.39 is 15.6 Å². The van der Waals surface area contributed by atoms with Gasteiger partial charge in [-0.05, 0) is 31.4 Å². The summed E-state index contributed by atoms with van der Waals surface area (Å²) in [5, 5.41) is 8.84. The number of nitriles is 1. The van der Waals surface area contributed by atoms with E-state index in [-0.39, 0.29) is 29.5 Å². The van der Waals surface area contributed by atoms with Crippen molar-refractivity contribution in [3.05, 3.63) is 24.0 Å². The standard InChI is InChI=1S/C11H14N4O2S.ClH/c12-7-9-10(3-1-6-14-9)18(16,17)15-8-11(13)4-2-5-11;/h1,3,6,15H,2,4-5,8,13H2;1H. The normalized spacial score (nSPS) is 16.8. The van der Waals surface area contributed by atoms with Gasteiger partial charge >= 0.3 is 0 Å². The number of hydrogen-bond donors (Lipinski definition) is 2. The van der Waals surface area contributed by atoms with Gasteiger partial charge in [0, 0.05) is 18.3 Å². The summed E-state index contributed by atoms with van der Waals surface area (Å²) in [6.07, 6.45) is 4.03. The van der Waals surface area contributed by atoms with E-state index in [4.69, 9.17) is 11.0 Å². The molecule has 8 heteroatoms. The Bertz CT molecular complexity index is 593. The molecule has 2 rings (SSSR count). The minimum atomic E-state index is -3.73. The molecule has 6 nitrogen and oxygen atoms in total. The summed E-state index contributed by atoms with van der Waals surface area (Å²) in [6, 6.07) is 4.61. The first-order valence-electron chi connectivity index (χ1n) is 5.61. The quantitative estimate of drug-likeness (QED) is 0.843. The number of pyridine rings is 1. The zero-order valence-corrected chi connectivity index (χ0v) is 11.8. The topological polar surface area (TPSA) is 109 Å². The van der Waals surface area contributed by atoms with Crippen LogP contribution in [0, 0.1) is 11.3 Å². The molecule has 19 heavy (non-hydrogen) atoms. The molecule has 0 amide bonds. The lowest BCUT2D eigenvalue weighted by molar-refractivity contribution is 0.251. The molecular weight excluding hydrogens is 288 g/mol. The van der Waals surface area contributed by atoms with Crippen molar-refractivity contribution in [2.24, 2.45) is 5.73 Å². The van der Waals surface area contributed by atoms with Gasteiger partial charge in [0.25, 0.3) is 0 Å². The number of nitrogens with one attached hydrogen (secondary N) is 1. The van der Waals surface area contributed by atoms with Crippen molar-refractivity contribution in [1.29, 1.82) is 5.26 Å². The van der Waals surface area contributed by atoms with E-state index >= 15 is 0 Å². The van der Waals surface area contributed by atoms with Gasteiger partial charge in [-0.3, -0.25) is 0 Å². The first kappa shape index (κ1) is 15.9. The number of sulfonamides is 1. The fourth-order valence-corrected chi connectivity index (χ4v) is 3.06. The van der Waals surface area contributed by atoms with Crippen molar-refractivity contribution in [3.63, 3.8) is 0 Å². The smallest absolute Gasteiger partial charge is 0.243 e. The maximum Gasteiger partial charge on any atom is 0.243 e. The number of rotatable bonds is 4. The predicted molar refractivity (Wildman–Crippen MR) is 72.2 cm³/mol. The largest absolute Gasteiger partial charge is 0.324 e. The average Bonchev–Trinajstić information content (AvgIpc) is 2.34. The van der Waals surface area contributed by atoms with Crippen LogP contribution in [0.15, 0.2) is 23.2 Å². The third-order valence-corrected chi connectivity index (χ3v) is 4.56. The Hall–Kier alpha value is -1.20. The van der Waals surface area contributed by atoms with Crippen LogP contribution in [0.4, 0.5) is 0 Å². The molecule has 0 atom stereocenters. The summed E-state index contributed by atoms with van der Waals surface area (Å²) in [4.78, 5) is 3.63. The van der Waals surface area contributed by atoms with Gasteiger partial charge in [0.2, 0.25) is 10.0 Å². The minimum absolute atomic E-state index is 0. The Morgan fingerprint density at radius 1 is 1.53 bits per heavy atom. The van der Waals surface area contributed by atoms with Gasteiger partial charge in [-0.25, -0.2) is 18.1 Å². The second-order valence-corrected chi connectivity index (χ2v) is 6.24. The summed E-state index contributed by atoms with van der Waals surface area (Å²) in [6.45, 7) is 0.190. The van der Waals surface area contributed by atoms with Crippen molar-refractivity contribution >= 4 is 22.4 Å². The maximum absolute atomic E-state index is 12.0. The maximum atomic E-state index is 12.0.